The molecule has 1 rings (SSSR count). The molecule has 4 heteroatoms. The molecule has 0 aliphatic carbocycles. The molecule has 0 saturated heterocycles. The van der Waals surface area contributed by atoms with Gasteiger partial charge in [0.1, 0.15) is 0 Å². The molecule has 0 aromatic heterocycles. The Morgan fingerprint density at radius 3 is 2.44 bits per heavy atom. The molecule has 0 heterocycles. The van der Waals surface area contributed by atoms with Gasteiger partial charge >= 0.3 is 0 Å². The molecule has 0 unspecified atom stereocenters. The van der Waals surface area contributed by atoms with E-state index in [1.807, 2.05) is 26.0 Å². The number of hydrazine groups is 1. The summed E-state index contributed by atoms with van der Waals surface area (Å²) in [5, 5.41) is 0. The van der Waals surface area contributed by atoms with Gasteiger partial charge in [-0.15, -0.1) is 0 Å². The molecule has 18 heavy (non-hydrogen) atoms. The van der Waals surface area contributed by atoms with Crippen LogP contribution in [-0.4, -0.2) is 11.8 Å². The smallest absolute Gasteiger partial charge is 0.269 e. The number of hydrogen-bond donors (Lipinski definition) is 2. The molecule has 0 saturated carbocycles. The van der Waals surface area contributed by atoms with Crippen molar-refractivity contribution in [2.45, 2.75) is 34.1 Å². The van der Waals surface area contributed by atoms with Gasteiger partial charge in [0, 0.05) is 11.5 Å². The van der Waals surface area contributed by atoms with Crippen LogP contribution in [0, 0.1) is 12.8 Å². The fourth-order valence-electron chi connectivity index (χ4n) is 1.53. The third-order valence-corrected chi connectivity index (χ3v) is 2.82. The van der Waals surface area contributed by atoms with Crippen molar-refractivity contribution in [1.82, 2.24) is 10.9 Å². The van der Waals surface area contributed by atoms with E-state index < -0.39 is 0 Å². The summed E-state index contributed by atoms with van der Waals surface area (Å²) in [6.45, 7) is 7.59. The van der Waals surface area contributed by atoms with E-state index in [2.05, 4.69) is 10.9 Å². The molecule has 0 bridgehead atoms. The van der Waals surface area contributed by atoms with Crippen LogP contribution in [-0.2, 0) is 11.2 Å². The first kappa shape index (κ1) is 14.2. The first-order chi connectivity index (χ1) is 8.45. The molecule has 1 aromatic carbocycles. The standard InChI is InChI=1S/C14H20N2O2/c1-5-11-8-12(7-6-10(11)4)14(18)16-15-13(17)9(2)3/h6-9H,5H2,1-4H3,(H,15,17)(H,16,18). The molecule has 4 nitrogen and oxygen atoms in total. The summed E-state index contributed by atoms with van der Waals surface area (Å²) < 4.78 is 0. The van der Waals surface area contributed by atoms with E-state index in [0.29, 0.717) is 5.56 Å². The van der Waals surface area contributed by atoms with E-state index in [1.54, 1.807) is 19.9 Å². The van der Waals surface area contributed by atoms with Crippen LogP contribution in [0.5, 0.6) is 0 Å². The van der Waals surface area contributed by atoms with E-state index in [-0.39, 0.29) is 17.7 Å². The summed E-state index contributed by atoms with van der Waals surface area (Å²) in [4.78, 5) is 23.2. The van der Waals surface area contributed by atoms with E-state index in [9.17, 15) is 9.59 Å². The zero-order valence-electron chi connectivity index (χ0n) is 11.3. The second-order valence-corrected chi connectivity index (χ2v) is 4.59. The minimum absolute atomic E-state index is 0.158. The van der Waals surface area contributed by atoms with E-state index >= 15 is 0 Å². The van der Waals surface area contributed by atoms with Crippen LogP contribution in [0.1, 0.15) is 42.3 Å². The highest BCUT2D eigenvalue weighted by Gasteiger charge is 2.10. The summed E-state index contributed by atoms with van der Waals surface area (Å²) in [7, 11) is 0. The molecule has 0 atom stereocenters. The SMILES string of the molecule is CCc1cc(C(=O)NNC(=O)C(C)C)ccc1C. The van der Waals surface area contributed by atoms with Crippen LogP contribution in [0.2, 0.25) is 0 Å². The van der Waals surface area contributed by atoms with Gasteiger partial charge in [0.25, 0.3) is 5.91 Å². The van der Waals surface area contributed by atoms with Crippen LogP contribution in [0.3, 0.4) is 0 Å². The fraction of sp³-hybridized carbons (Fsp3) is 0.429. The minimum Gasteiger partial charge on any atom is -0.273 e. The Hall–Kier alpha value is -1.84. The topological polar surface area (TPSA) is 58.2 Å². The molecule has 2 N–H and O–H groups in total. The number of nitrogens with one attached hydrogen (secondary N) is 2. The van der Waals surface area contributed by atoms with Gasteiger partial charge in [0.15, 0.2) is 0 Å². The molecule has 0 aliphatic heterocycles. The molecule has 98 valence electrons. The number of aryl methyl sites for hydroxylation is 2. The van der Waals surface area contributed by atoms with Gasteiger partial charge in [-0.3, -0.25) is 20.4 Å². The summed E-state index contributed by atoms with van der Waals surface area (Å²) in [6.07, 6.45) is 0.880. The molecule has 0 fully saturated rings. The first-order valence-corrected chi connectivity index (χ1v) is 6.15. The lowest BCUT2D eigenvalue weighted by Gasteiger charge is -2.10. The number of benzene rings is 1. The summed E-state index contributed by atoms with van der Waals surface area (Å²) >= 11 is 0. The highest BCUT2D eigenvalue weighted by atomic mass is 16.2. The zero-order valence-corrected chi connectivity index (χ0v) is 11.3. The lowest BCUT2D eigenvalue weighted by molar-refractivity contribution is -0.124. The summed E-state index contributed by atoms with van der Waals surface area (Å²) in [5.74, 6) is -0.653. The zero-order chi connectivity index (χ0) is 13.7. The van der Waals surface area contributed by atoms with Crippen molar-refractivity contribution < 1.29 is 9.59 Å². The maximum absolute atomic E-state index is 11.8. The second-order valence-electron chi connectivity index (χ2n) is 4.59. The van der Waals surface area contributed by atoms with E-state index in [1.165, 1.54) is 5.56 Å². The highest BCUT2D eigenvalue weighted by Crippen LogP contribution is 2.11. The van der Waals surface area contributed by atoms with Crippen molar-refractivity contribution in [3.63, 3.8) is 0 Å². The van der Waals surface area contributed by atoms with Crippen LogP contribution in [0.25, 0.3) is 0 Å². The largest absolute Gasteiger partial charge is 0.273 e. The fourth-order valence-corrected chi connectivity index (χ4v) is 1.53. The quantitative estimate of drug-likeness (QED) is 0.803. The minimum atomic E-state index is -0.293. The predicted octanol–water partition coefficient (Wildman–Crippen LogP) is 1.97. The lowest BCUT2D eigenvalue weighted by Crippen LogP contribution is -2.43. The molecular weight excluding hydrogens is 228 g/mol. The van der Waals surface area contributed by atoms with Crippen molar-refractivity contribution in [3.8, 4) is 0 Å². The number of rotatable bonds is 3. The predicted molar refractivity (Wildman–Crippen MR) is 71.0 cm³/mol. The molecule has 1 aromatic rings. The van der Waals surface area contributed by atoms with Gasteiger partial charge < -0.3 is 0 Å². The van der Waals surface area contributed by atoms with E-state index in [0.717, 1.165) is 12.0 Å². The third-order valence-electron chi connectivity index (χ3n) is 2.82. The van der Waals surface area contributed by atoms with Crippen molar-refractivity contribution in [2.24, 2.45) is 5.92 Å². The average Bonchev–Trinajstić information content (AvgIpc) is 2.35. The van der Waals surface area contributed by atoms with Crippen molar-refractivity contribution in [2.75, 3.05) is 0 Å². The molecule has 0 spiro atoms. The van der Waals surface area contributed by atoms with Gasteiger partial charge in [-0.05, 0) is 36.6 Å². The van der Waals surface area contributed by atoms with Gasteiger partial charge in [-0.2, -0.15) is 0 Å². The Kier molecular flexibility index (Phi) is 4.89. The van der Waals surface area contributed by atoms with Crippen LogP contribution < -0.4 is 10.9 Å². The normalized spacial score (nSPS) is 10.3. The maximum Gasteiger partial charge on any atom is 0.269 e. The van der Waals surface area contributed by atoms with Gasteiger partial charge in [0.2, 0.25) is 5.91 Å². The third kappa shape index (κ3) is 3.58. The molecule has 0 aliphatic rings. The molecule has 2 amide bonds. The number of carbonyl (C=O) groups excluding carboxylic acids is 2. The van der Waals surface area contributed by atoms with Crippen LogP contribution >= 0.6 is 0 Å². The van der Waals surface area contributed by atoms with Crippen molar-refractivity contribution in [1.29, 1.82) is 0 Å². The van der Waals surface area contributed by atoms with Crippen LogP contribution in [0.15, 0.2) is 18.2 Å². The summed E-state index contributed by atoms with van der Waals surface area (Å²) in [5.41, 5.74) is 7.67. The number of hydrogen-bond acceptors (Lipinski definition) is 2. The highest BCUT2D eigenvalue weighted by molar-refractivity contribution is 5.95. The molecular formula is C14H20N2O2. The Morgan fingerprint density at radius 2 is 1.89 bits per heavy atom. The summed E-state index contributed by atoms with van der Waals surface area (Å²) in [6, 6.07) is 5.52. The monoisotopic (exact) mass is 248 g/mol. The Labute approximate surface area is 108 Å². The van der Waals surface area contributed by atoms with Crippen LogP contribution in [0.4, 0.5) is 0 Å². The van der Waals surface area contributed by atoms with Gasteiger partial charge in [-0.1, -0.05) is 26.8 Å². The first-order valence-electron chi connectivity index (χ1n) is 6.15. The maximum atomic E-state index is 11.8. The Morgan fingerprint density at radius 1 is 1.22 bits per heavy atom. The Balaban J connectivity index is 2.70. The van der Waals surface area contributed by atoms with Gasteiger partial charge in [-0.25, -0.2) is 0 Å². The van der Waals surface area contributed by atoms with Crippen molar-refractivity contribution in [3.05, 3.63) is 34.9 Å². The number of carbonyl (C=O) groups is 2. The van der Waals surface area contributed by atoms with Crippen molar-refractivity contribution >= 4 is 11.8 Å². The number of amides is 2. The van der Waals surface area contributed by atoms with Gasteiger partial charge in [0.05, 0.1) is 0 Å². The Bertz CT molecular complexity index is 453. The second kappa shape index (κ2) is 6.19. The average molecular weight is 248 g/mol. The lowest BCUT2D eigenvalue weighted by atomic mass is 10.0. The molecule has 0 radical (unpaired) electrons. The van der Waals surface area contributed by atoms with E-state index in [4.69, 9.17) is 0 Å².